The second kappa shape index (κ2) is 8.16. The van der Waals surface area contributed by atoms with Gasteiger partial charge < -0.3 is 15.8 Å². The summed E-state index contributed by atoms with van der Waals surface area (Å²) in [5, 5.41) is 3.53. The predicted molar refractivity (Wildman–Crippen MR) is 118 cm³/mol. The van der Waals surface area contributed by atoms with Crippen molar-refractivity contribution in [1.29, 1.82) is 0 Å². The van der Waals surface area contributed by atoms with Crippen LogP contribution in [0.15, 0.2) is 67.0 Å². The lowest BCUT2D eigenvalue weighted by Gasteiger charge is -2.08. The minimum Gasteiger partial charge on any atom is -0.493 e. The molecule has 0 bridgehead atoms. The monoisotopic (exact) mass is 399 g/mol. The summed E-state index contributed by atoms with van der Waals surface area (Å²) in [6, 6.07) is 18.7. The molecule has 6 nitrogen and oxygen atoms in total. The average Bonchev–Trinajstić information content (AvgIpc) is 3.44. The molecule has 0 amide bonds. The van der Waals surface area contributed by atoms with Crippen LogP contribution in [0.1, 0.15) is 30.3 Å². The fourth-order valence-corrected chi connectivity index (χ4v) is 4.08. The van der Waals surface area contributed by atoms with E-state index in [2.05, 4.69) is 39.0 Å². The van der Waals surface area contributed by atoms with Crippen molar-refractivity contribution >= 4 is 11.3 Å². The van der Waals surface area contributed by atoms with Gasteiger partial charge in [0.25, 0.3) is 0 Å². The van der Waals surface area contributed by atoms with E-state index in [9.17, 15) is 0 Å². The summed E-state index contributed by atoms with van der Waals surface area (Å²) in [5.41, 5.74) is 10.2. The molecule has 0 spiro atoms. The van der Waals surface area contributed by atoms with Crippen LogP contribution in [0.2, 0.25) is 0 Å². The highest BCUT2D eigenvalue weighted by Gasteiger charge is 2.24. The molecule has 1 aliphatic heterocycles. The lowest BCUT2D eigenvalue weighted by atomic mass is 10.1. The zero-order chi connectivity index (χ0) is 20.3. The minimum atomic E-state index is 0.244. The first-order valence-electron chi connectivity index (χ1n) is 10.4. The Morgan fingerprint density at radius 1 is 1.10 bits per heavy atom. The molecule has 6 heteroatoms. The van der Waals surface area contributed by atoms with Gasteiger partial charge in [0, 0.05) is 24.4 Å². The van der Waals surface area contributed by atoms with Gasteiger partial charge in [-0.3, -0.25) is 4.40 Å². The van der Waals surface area contributed by atoms with Crippen LogP contribution in [-0.4, -0.2) is 27.5 Å². The highest BCUT2D eigenvalue weighted by Crippen LogP contribution is 2.33. The maximum atomic E-state index is 6.24. The standard InChI is InChI=1S/C24H25N5O/c25-23-22-21(28-24(20-7-4-13-26-20)29(22)15-14-27-23)18-8-10-19(11-9-18)30-16-12-17-5-2-1-3-6-17/h1-3,5-6,8-11,14-15,20,26H,4,7,12-13,16H2,(H2,25,27)/t20-/m0/s1. The van der Waals surface area contributed by atoms with Crippen molar-refractivity contribution < 1.29 is 4.74 Å². The van der Waals surface area contributed by atoms with E-state index in [1.807, 2.05) is 36.5 Å². The molecule has 2 aromatic carbocycles. The van der Waals surface area contributed by atoms with Crippen molar-refractivity contribution in [2.45, 2.75) is 25.3 Å². The molecule has 152 valence electrons. The van der Waals surface area contributed by atoms with E-state index in [4.69, 9.17) is 15.5 Å². The molecule has 1 aliphatic rings. The van der Waals surface area contributed by atoms with Crippen LogP contribution in [0, 0.1) is 0 Å². The van der Waals surface area contributed by atoms with E-state index in [0.717, 1.165) is 54.2 Å². The van der Waals surface area contributed by atoms with Crippen LogP contribution in [0.3, 0.4) is 0 Å². The molecule has 0 radical (unpaired) electrons. The summed E-state index contributed by atoms with van der Waals surface area (Å²) < 4.78 is 8.00. The van der Waals surface area contributed by atoms with Gasteiger partial charge in [0.05, 0.1) is 12.6 Å². The van der Waals surface area contributed by atoms with Crippen molar-refractivity contribution in [3.63, 3.8) is 0 Å². The Kier molecular flexibility index (Phi) is 5.07. The summed E-state index contributed by atoms with van der Waals surface area (Å²) >= 11 is 0. The first-order valence-corrected chi connectivity index (χ1v) is 10.4. The van der Waals surface area contributed by atoms with Gasteiger partial charge in [-0.1, -0.05) is 30.3 Å². The van der Waals surface area contributed by atoms with Gasteiger partial charge in [-0.05, 0) is 49.2 Å². The maximum absolute atomic E-state index is 6.24. The topological polar surface area (TPSA) is 77.5 Å². The number of nitrogens with zero attached hydrogens (tertiary/aromatic N) is 3. The molecule has 5 rings (SSSR count). The Bertz CT molecular complexity index is 1130. The van der Waals surface area contributed by atoms with Crippen LogP contribution in [-0.2, 0) is 6.42 Å². The number of nitrogen functional groups attached to an aromatic ring is 1. The molecule has 2 aromatic heterocycles. The second-order valence-corrected chi connectivity index (χ2v) is 7.61. The summed E-state index contributed by atoms with van der Waals surface area (Å²) in [7, 11) is 0. The molecule has 0 unspecified atom stereocenters. The van der Waals surface area contributed by atoms with E-state index < -0.39 is 0 Å². The third-order valence-corrected chi connectivity index (χ3v) is 5.61. The van der Waals surface area contributed by atoms with Crippen LogP contribution in [0.4, 0.5) is 5.82 Å². The van der Waals surface area contributed by atoms with E-state index in [1.54, 1.807) is 6.20 Å². The quantitative estimate of drug-likeness (QED) is 0.512. The van der Waals surface area contributed by atoms with Crippen LogP contribution in [0.25, 0.3) is 16.8 Å². The number of fused-ring (bicyclic) bond motifs is 1. The molecule has 3 N–H and O–H groups in total. The van der Waals surface area contributed by atoms with E-state index in [1.165, 1.54) is 5.56 Å². The fourth-order valence-electron chi connectivity index (χ4n) is 4.08. The number of nitrogens with two attached hydrogens (primary N) is 1. The number of hydrogen-bond donors (Lipinski definition) is 2. The molecule has 3 heterocycles. The Morgan fingerprint density at radius 2 is 1.93 bits per heavy atom. The number of anilines is 1. The van der Waals surface area contributed by atoms with Crippen molar-refractivity contribution in [3.8, 4) is 17.0 Å². The molecule has 0 aliphatic carbocycles. The zero-order valence-electron chi connectivity index (χ0n) is 16.8. The van der Waals surface area contributed by atoms with E-state index in [-0.39, 0.29) is 6.04 Å². The lowest BCUT2D eigenvalue weighted by molar-refractivity contribution is 0.322. The third kappa shape index (κ3) is 3.62. The second-order valence-electron chi connectivity index (χ2n) is 7.61. The first kappa shape index (κ1) is 18.6. The number of hydrogen-bond acceptors (Lipinski definition) is 5. The fraction of sp³-hybridized carbons (Fsp3) is 0.250. The molecular formula is C24H25N5O. The Hall–Kier alpha value is -3.38. The molecular weight excluding hydrogens is 374 g/mol. The molecule has 1 fully saturated rings. The van der Waals surface area contributed by atoms with Crippen molar-refractivity contribution in [1.82, 2.24) is 19.7 Å². The Labute approximate surface area is 175 Å². The SMILES string of the molecule is Nc1nccn2c([C@@H]3CCCN3)nc(-c3ccc(OCCc4ccccc4)cc3)c12. The lowest BCUT2D eigenvalue weighted by Crippen LogP contribution is -2.15. The maximum Gasteiger partial charge on any atom is 0.150 e. The van der Waals surface area contributed by atoms with Gasteiger partial charge in [-0.2, -0.15) is 0 Å². The predicted octanol–water partition coefficient (Wildman–Crippen LogP) is 4.02. The number of rotatable bonds is 6. The highest BCUT2D eigenvalue weighted by molar-refractivity contribution is 5.85. The van der Waals surface area contributed by atoms with Crippen LogP contribution < -0.4 is 15.8 Å². The van der Waals surface area contributed by atoms with Gasteiger partial charge in [0.1, 0.15) is 28.6 Å². The van der Waals surface area contributed by atoms with Gasteiger partial charge in [-0.25, -0.2) is 9.97 Å². The Morgan fingerprint density at radius 3 is 2.70 bits per heavy atom. The molecule has 1 atom stereocenters. The van der Waals surface area contributed by atoms with Gasteiger partial charge in [0.15, 0.2) is 0 Å². The third-order valence-electron chi connectivity index (χ3n) is 5.61. The normalized spacial score (nSPS) is 16.2. The Balaban J connectivity index is 1.39. The van der Waals surface area contributed by atoms with E-state index >= 15 is 0 Å². The number of aromatic nitrogens is 3. The van der Waals surface area contributed by atoms with Gasteiger partial charge in [-0.15, -0.1) is 0 Å². The van der Waals surface area contributed by atoms with Crippen molar-refractivity contribution in [3.05, 3.63) is 78.4 Å². The van der Waals surface area contributed by atoms with Gasteiger partial charge in [0.2, 0.25) is 0 Å². The van der Waals surface area contributed by atoms with Crippen LogP contribution in [0.5, 0.6) is 5.75 Å². The first-order chi connectivity index (χ1) is 14.8. The summed E-state index contributed by atoms with van der Waals surface area (Å²) in [5.74, 6) is 2.34. The number of imidazole rings is 1. The molecule has 4 aromatic rings. The summed E-state index contributed by atoms with van der Waals surface area (Å²) in [4.78, 5) is 9.27. The molecule has 0 saturated carbocycles. The average molecular weight is 399 g/mol. The zero-order valence-corrected chi connectivity index (χ0v) is 16.8. The number of nitrogens with one attached hydrogen (secondary N) is 1. The van der Waals surface area contributed by atoms with E-state index in [0.29, 0.717) is 12.4 Å². The molecule has 30 heavy (non-hydrogen) atoms. The van der Waals surface area contributed by atoms with Crippen LogP contribution >= 0.6 is 0 Å². The van der Waals surface area contributed by atoms with Crippen molar-refractivity contribution in [2.75, 3.05) is 18.9 Å². The minimum absolute atomic E-state index is 0.244. The number of ether oxygens (including phenoxy) is 1. The van der Waals surface area contributed by atoms with Gasteiger partial charge >= 0.3 is 0 Å². The number of benzene rings is 2. The smallest absolute Gasteiger partial charge is 0.150 e. The molecule has 1 saturated heterocycles. The summed E-state index contributed by atoms with van der Waals surface area (Å²) in [6.07, 6.45) is 6.79. The summed E-state index contributed by atoms with van der Waals surface area (Å²) in [6.45, 7) is 1.66. The largest absolute Gasteiger partial charge is 0.493 e. The van der Waals surface area contributed by atoms with Crippen molar-refractivity contribution in [2.24, 2.45) is 0 Å². The highest BCUT2D eigenvalue weighted by atomic mass is 16.5.